The Morgan fingerprint density at radius 3 is 1.97 bits per heavy atom. The maximum Gasteiger partial charge on any atom is 0.231 e. The molecule has 0 saturated carbocycles. The number of amides is 2. The highest BCUT2D eigenvalue weighted by molar-refractivity contribution is 6.00. The minimum Gasteiger partial charge on any atom is -0.356 e. The number of hydrogen-bond acceptors (Lipinski definition) is 2. The first-order valence-corrected chi connectivity index (χ1v) is 11.2. The molecule has 0 aliphatic rings. The summed E-state index contributed by atoms with van der Waals surface area (Å²) in [4.78, 5) is 27.3. The van der Waals surface area contributed by atoms with Gasteiger partial charge in [-0.25, -0.2) is 0 Å². The number of benzene rings is 2. The summed E-state index contributed by atoms with van der Waals surface area (Å²) in [5.41, 5.74) is 1.68. The van der Waals surface area contributed by atoms with Gasteiger partial charge in [-0.05, 0) is 42.5 Å². The van der Waals surface area contributed by atoms with E-state index >= 15 is 0 Å². The third-order valence-electron chi connectivity index (χ3n) is 5.47. The zero-order valence-corrected chi connectivity index (χ0v) is 18.6. The van der Waals surface area contributed by atoms with Crippen LogP contribution in [0.3, 0.4) is 0 Å². The monoisotopic (exact) mass is 408 g/mol. The average Bonchev–Trinajstić information content (AvgIpc) is 2.75. The van der Waals surface area contributed by atoms with Crippen LogP contribution in [-0.2, 0) is 9.59 Å². The molecule has 0 aliphatic carbocycles. The smallest absolute Gasteiger partial charge is 0.231 e. The molecular formula is C26H36N2O2. The van der Waals surface area contributed by atoms with Gasteiger partial charge in [0, 0.05) is 30.8 Å². The number of nitrogens with zero attached hydrogens (tertiary/aromatic N) is 1. The molecule has 0 unspecified atom stereocenters. The van der Waals surface area contributed by atoms with Gasteiger partial charge in [0.05, 0.1) is 0 Å². The summed E-state index contributed by atoms with van der Waals surface area (Å²) in [5, 5.41) is 3.08. The molecule has 0 saturated heterocycles. The molecule has 162 valence electrons. The fourth-order valence-corrected chi connectivity index (χ4v) is 3.64. The summed E-state index contributed by atoms with van der Waals surface area (Å²) < 4.78 is 0. The Balaban J connectivity index is 1.94. The number of nitrogens with one attached hydrogen (secondary N) is 1. The van der Waals surface area contributed by atoms with Crippen molar-refractivity contribution >= 4 is 23.2 Å². The highest BCUT2D eigenvalue weighted by Crippen LogP contribution is 2.27. The lowest BCUT2D eigenvalue weighted by molar-refractivity contribution is -0.122. The highest BCUT2D eigenvalue weighted by Gasteiger charge is 2.21. The summed E-state index contributed by atoms with van der Waals surface area (Å²) in [5.74, 6) is 0.555. The van der Waals surface area contributed by atoms with E-state index in [-0.39, 0.29) is 17.7 Å². The molecule has 2 aromatic rings. The third-order valence-corrected chi connectivity index (χ3v) is 5.47. The summed E-state index contributed by atoms with van der Waals surface area (Å²) in [6.45, 7) is 7.07. The van der Waals surface area contributed by atoms with E-state index in [0.717, 1.165) is 30.8 Å². The topological polar surface area (TPSA) is 49.4 Å². The van der Waals surface area contributed by atoms with Crippen LogP contribution in [-0.4, -0.2) is 18.4 Å². The second-order valence-corrected chi connectivity index (χ2v) is 8.13. The number of carbonyl (C=O) groups is 2. The van der Waals surface area contributed by atoms with Gasteiger partial charge in [-0.1, -0.05) is 76.4 Å². The maximum atomic E-state index is 13.2. The summed E-state index contributed by atoms with van der Waals surface area (Å²) in [6.07, 6.45) is 5.32. The van der Waals surface area contributed by atoms with Crippen molar-refractivity contribution in [3.63, 3.8) is 0 Å². The maximum absolute atomic E-state index is 13.2. The molecule has 2 rings (SSSR count). The Morgan fingerprint density at radius 1 is 0.900 bits per heavy atom. The molecule has 0 bridgehead atoms. The van der Waals surface area contributed by atoms with E-state index in [0.29, 0.717) is 18.8 Å². The van der Waals surface area contributed by atoms with Gasteiger partial charge in [0.25, 0.3) is 0 Å². The summed E-state index contributed by atoms with van der Waals surface area (Å²) in [7, 11) is 0. The van der Waals surface area contributed by atoms with E-state index < -0.39 is 0 Å². The van der Waals surface area contributed by atoms with Gasteiger partial charge in [0.1, 0.15) is 0 Å². The molecule has 0 heterocycles. The number of carbonyl (C=O) groups excluding carboxylic acids is 2. The fraction of sp³-hybridized carbons (Fsp3) is 0.462. The predicted molar refractivity (Wildman–Crippen MR) is 125 cm³/mol. The first-order chi connectivity index (χ1) is 14.5. The first-order valence-electron chi connectivity index (χ1n) is 11.2. The molecular weight excluding hydrogens is 372 g/mol. The molecule has 0 spiro atoms. The lowest BCUT2D eigenvalue weighted by Crippen LogP contribution is -2.32. The van der Waals surface area contributed by atoms with Crippen molar-refractivity contribution < 1.29 is 9.59 Å². The van der Waals surface area contributed by atoms with Crippen LogP contribution in [0, 0.1) is 11.8 Å². The van der Waals surface area contributed by atoms with Gasteiger partial charge >= 0.3 is 0 Å². The molecule has 1 N–H and O–H groups in total. The Morgan fingerprint density at radius 2 is 1.47 bits per heavy atom. The molecule has 2 atom stereocenters. The first kappa shape index (κ1) is 23.7. The van der Waals surface area contributed by atoms with Crippen molar-refractivity contribution in [3.8, 4) is 0 Å². The van der Waals surface area contributed by atoms with Crippen LogP contribution in [0.15, 0.2) is 60.7 Å². The fourth-order valence-electron chi connectivity index (χ4n) is 3.64. The Kier molecular flexibility index (Phi) is 10.1. The third kappa shape index (κ3) is 7.66. The number of unbranched alkanes of at least 4 members (excludes halogenated alkanes) is 1. The van der Waals surface area contributed by atoms with Gasteiger partial charge in [-0.2, -0.15) is 0 Å². The van der Waals surface area contributed by atoms with Crippen molar-refractivity contribution in [2.45, 2.75) is 59.3 Å². The molecule has 0 aromatic heterocycles. The molecule has 30 heavy (non-hydrogen) atoms. The van der Waals surface area contributed by atoms with Crippen molar-refractivity contribution in [1.82, 2.24) is 5.32 Å². The summed E-state index contributed by atoms with van der Waals surface area (Å²) in [6, 6.07) is 19.3. The van der Waals surface area contributed by atoms with E-state index in [1.54, 1.807) is 4.90 Å². The zero-order chi connectivity index (χ0) is 21.8. The Bertz CT molecular complexity index is 722. The van der Waals surface area contributed by atoms with Gasteiger partial charge < -0.3 is 5.32 Å². The predicted octanol–water partition coefficient (Wildman–Crippen LogP) is 6.10. The minimum absolute atomic E-state index is 0.00193. The van der Waals surface area contributed by atoms with Crippen LogP contribution in [0.2, 0.25) is 0 Å². The molecule has 2 amide bonds. The number of para-hydroxylation sites is 2. The quantitative estimate of drug-likeness (QED) is 0.461. The van der Waals surface area contributed by atoms with Crippen molar-refractivity contribution in [2.75, 3.05) is 11.4 Å². The van der Waals surface area contributed by atoms with Crippen LogP contribution in [0.1, 0.15) is 59.3 Å². The van der Waals surface area contributed by atoms with Crippen LogP contribution in [0.5, 0.6) is 0 Å². The van der Waals surface area contributed by atoms with Crippen LogP contribution >= 0.6 is 0 Å². The zero-order valence-electron chi connectivity index (χ0n) is 18.6. The number of hydrogen-bond donors (Lipinski definition) is 1. The SMILES string of the molecule is CCCC[C@@H](CC)CNC(=O)C[C@@H](C)CC(=O)N(c1ccccc1)c1ccccc1. The van der Waals surface area contributed by atoms with E-state index in [2.05, 4.69) is 19.2 Å². The molecule has 4 nitrogen and oxygen atoms in total. The lowest BCUT2D eigenvalue weighted by atomic mass is 9.98. The van der Waals surface area contributed by atoms with Crippen molar-refractivity contribution in [1.29, 1.82) is 0 Å². The van der Waals surface area contributed by atoms with Crippen molar-refractivity contribution in [2.24, 2.45) is 11.8 Å². The number of anilines is 2. The Labute approximate surface area is 181 Å². The largest absolute Gasteiger partial charge is 0.356 e. The summed E-state index contributed by atoms with van der Waals surface area (Å²) >= 11 is 0. The standard InChI is InChI=1S/C26H36N2O2/c1-4-6-13-22(5-2)20-27-25(29)18-21(3)19-26(30)28(23-14-9-7-10-15-23)24-16-11-8-12-17-24/h7-12,14-17,21-22H,4-6,13,18-20H2,1-3H3,(H,27,29)/t21-,22-/m1/s1. The van der Waals surface area contributed by atoms with E-state index in [9.17, 15) is 9.59 Å². The normalized spacial score (nSPS) is 12.8. The second-order valence-electron chi connectivity index (χ2n) is 8.13. The van der Waals surface area contributed by atoms with E-state index in [4.69, 9.17) is 0 Å². The van der Waals surface area contributed by atoms with Gasteiger partial charge in [0.15, 0.2) is 0 Å². The van der Waals surface area contributed by atoms with Gasteiger partial charge in [0.2, 0.25) is 11.8 Å². The minimum atomic E-state index is -0.0249. The van der Waals surface area contributed by atoms with E-state index in [1.807, 2.05) is 67.6 Å². The second kappa shape index (κ2) is 12.8. The number of rotatable bonds is 12. The molecule has 0 radical (unpaired) electrons. The highest BCUT2D eigenvalue weighted by atomic mass is 16.2. The molecule has 0 fully saturated rings. The van der Waals surface area contributed by atoms with Crippen LogP contribution < -0.4 is 10.2 Å². The Hall–Kier alpha value is -2.62. The molecule has 2 aromatic carbocycles. The van der Waals surface area contributed by atoms with Gasteiger partial charge in [-0.3, -0.25) is 14.5 Å². The van der Waals surface area contributed by atoms with Crippen molar-refractivity contribution in [3.05, 3.63) is 60.7 Å². The van der Waals surface area contributed by atoms with Crippen LogP contribution in [0.25, 0.3) is 0 Å². The molecule has 4 heteroatoms. The van der Waals surface area contributed by atoms with Gasteiger partial charge in [-0.15, -0.1) is 0 Å². The lowest BCUT2D eigenvalue weighted by Gasteiger charge is -2.24. The van der Waals surface area contributed by atoms with E-state index in [1.165, 1.54) is 12.8 Å². The van der Waals surface area contributed by atoms with Crippen LogP contribution in [0.4, 0.5) is 11.4 Å². The average molecular weight is 409 g/mol. The molecule has 0 aliphatic heterocycles.